The number of pyridine rings is 2. The Hall–Kier alpha value is -2.78. The Morgan fingerprint density at radius 2 is 1.82 bits per heavy atom. The first-order chi connectivity index (χ1) is 15.9. The van der Waals surface area contributed by atoms with Gasteiger partial charge in [0, 0.05) is 46.3 Å². The van der Waals surface area contributed by atoms with Crippen molar-refractivity contribution in [3.8, 4) is 6.07 Å². The van der Waals surface area contributed by atoms with Gasteiger partial charge >= 0.3 is 0 Å². The van der Waals surface area contributed by atoms with Crippen molar-refractivity contribution in [1.82, 2.24) is 19.2 Å². The number of rotatable bonds is 6. The van der Waals surface area contributed by atoms with E-state index in [0.29, 0.717) is 41.0 Å². The van der Waals surface area contributed by atoms with Crippen LogP contribution in [0.5, 0.6) is 0 Å². The number of piperazine rings is 1. The van der Waals surface area contributed by atoms with Crippen molar-refractivity contribution in [2.75, 3.05) is 31.1 Å². The molecule has 33 heavy (non-hydrogen) atoms. The zero-order chi connectivity index (χ0) is 23.5. The Balaban J connectivity index is 1.57. The molecule has 1 fully saturated rings. The van der Waals surface area contributed by atoms with E-state index in [1.54, 1.807) is 13.1 Å². The topological polar surface area (TPSA) is 111 Å². The van der Waals surface area contributed by atoms with E-state index in [4.69, 9.17) is 0 Å². The van der Waals surface area contributed by atoms with Crippen LogP contribution in [-0.4, -0.2) is 49.0 Å². The summed E-state index contributed by atoms with van der Waals surface area (Å²) in [5.74, 6) is 0. The summed E-state index contributed by atoms with van der Waals surface area (Å²) in [4.78, 5) is 21.8. The molecule has 3 heterocycles. The van der Waals surface area contributed by atoms with Crippen molar-refractivity contribution in [1.29, 1.82) is 5.26 Å². The highest BCUT2D eigenvalue weighted by molar-refractivity contribution is 9.10. The second-order valence-corrected chi connectivity index (χ2v) is 9.47. The van der Waals surface area contributed by atoms with Crippen LogP contribution in [-0.2, 0) is 31.0 Å². The zero-order valence-corrected chi connectivity index (χ0v) is 20.5. The van der Waals surface area contributed by atoms with Crippen LogP contribution in [0, 0.1) is 11.3 Å². The molecule has 2 aromatic heterocycles. The average Bonchev–Trinajstić information content (AvgIpc) is 2.81. The molecule has 172 valence electrons. The van der Waals surface area contributed by atoms with Crippen molar-refractivity contribution in [3.05, 3.63) is 68.0 Å². The van der Waals surface area contributed by atoms with Crippen molar-refractivity contribution >= 4 is 43.5 Å². The fourth-order valence-corrected chi connectivity index (χ4v) is 4.79. The van der Waals surface area contributed by atoms with Gasteiger partial charge in [0.25, 0.3) is 5.56 Å². The Morgan fingerprint density at radius 1 is 1.12 bits per heavy atom. The number of fused-ring (bicyclic) bond motifs is 1. The number of halogens is 1. The summed E-state index contributed by atoms with van der Waals surface area (Å²) in [6, 6.07) is 13.5. The van der Waals surface area contributed by atoms with Gasteiger partial charge < -0.3 is 9.47 Å². The van der Waals surface area contributed by atoms with Crippen molar-refractivity contribution < 1.29 is 8.42 Å². The minimum absolute atomic E-state index is 0.104. The highest BCUT2D eigenvalue weighted by Gasteiger charge is 2.25. The van der Waals surface area contributed by atoms with Gasteiger partial charge in [-0.25, -0.2) is 18.1 Å². The summed E-state index contributed by atoms with van der Waals surface area (Å²) in [5.41, 5.74) is 3.67. The van der Waals surface area contributed by atoms with E-state index < -0.39 is 10.9 Å². The first-order valence-corrected chi connectivity index (χ1v) is 12.4. The summed E-state index contributed by atoms with van der Waals surface area (Å²) in [5, 5.41) is 9.76. The molecule has 11 heteroatoms. The van der Waals surface area contributed by atoms with Gasteiger partial charge in [-0.15, -0.1) is 0 Å². The van der Waals surface area contributed by atoms with Crippen LogP contribution in [0.15, 0.2) is 45.8 Å². The first-order valence-electron chi connectivity index (χ1n) is 10.4. The van der Waals surface area contributed by atoms with Gasteiger partial charge in [0.05, 0.1) is 11.2 Å². The van der Waals surface area contributed by atoms with Gasteiger partial charge in [-0.05, 0) is 39.2 Å². The smallest absolute Gasteiger partial charge is 0.270 e. The maximum atomic E-state index is 12.8. The third kappa shape index (κ3) is 4.94. The van der Waals surface area contributed by atoms with E-state index in [2.05, 4.69) is 41.5 Å². The molecule has 0 spiro atoms. The molecule has 3 aromatic rings. The van der Waals surface area contributed by atoms with Crippen molar-refractivity contribution in [2.24, 2.45) is 7.05 Å². The number of hydrogen-bond acceptors (Lipinski definition) is 7. The lowest BCUT2D eigenvalue weighted by Crippen LogP contribution is -2.47. The molecule has 0 unspecified atom stereocenters. The average molecular weight is 531 g/mol. The van der Waals surface area contributed by atoms with Gasteiger partial charge in [-0.2, -0.15) is 5.26 Å². The maximum Gasteiger partial charge on any atom is 0.270 e. The summed E-state index contributed by atoms with van der Waals surface area (Å²) >= 11 is 3.40. The van der Waals surface area contributed by atoms with E-state index in [1.807, 2.05) is 30.3 Å². The lowest BCUT2D eigenvalue weighted by Gasteiger charge is -2.37. The van der Waals surface area contributed by atoms with Gasteiger partial charge in [0.15, 0.2) is 0 Å². The maximum absolute atomic E-state index is 12.8. The zero-order valence-electron chi connectivity index (χ0n) is 18.0. The summed E-state index contributed by atoms with van der Waals surface area (Å²) < 4.78 is 26.4. The number of benzene rings is 1. The minimum Gasteiger partial charge on any atom is -0.366 e. The Kier molecular flexibility index (Phi) is 7.09. The Labute approximate surface area is 201 Å². The molecule has 0 atom stereocenters. The van der Waals surface area contributed by atoms with Crippen LogP contribution in [0.4, 0.5) is 5.69 Å². The second kappa shape index (κ2) is 10.0. The molecular weight excluding hydrogens is 508 g/mol. The summed E-state index contributed by atoms with van der Waals surface area (Å²) in [6.07, 6.45) is 0. The van der Waals surface area contributed by atoms with Gasteiger partial charge in [0.2, 0.25) is 10.9 Å². The van der Waals surface area contributed by atoms with Gasteiger partial charge in [-0.3, -0.25) is 9.69 Å². The molecular formula is C22H23BrN6O3S. The predicted octanol–water partition coefficient (Wildman–Crippen LogP) is 1.51. The number of aryl methyl sites for hydroxylation is 1. The predicted molar refractivity (Wildman–Crippen MR) is 130 cm³/mol. The molecule has 0 aliphatic carbocycles. The van der Waals surface area contributed by atoms with Crippen LogP contribution in [0.3, 0.4) is 0 Å². The monoisotopic (exact) mass is 530 g/mol. The van der Waals surface area contributed by atoms with Crippen molar-refractivity contribution in [3.63, 3.8) is 0 Å². The normalized spacial score (nSPS) is 14.7. The largest absolute Gasteiger partial charge is 0.366 e. The Bertz CT molecular complexity index is 1370. The van der Waals surface area contributed by atoms with Crippen molar-refractivity contribution in [2.45, 2.75) is 13.1 Å². The molecule has 1 aliphatic heterocycles. The number of nitrogens with zero attached hydrogens (tertiary/aromatic N) is 5. The molecule has 1 saturated heterocycles. The van der Waals surface area contributed by atoms with E-state index in [9.17, 15) is 18.5 Å². The molecule has 0 saturated carbocycles. The highest BCUT2D eigenvalue weighted by Crippen LogP contribution is 2.29. The number of nitrogens with one attached hydrogen (secondary N) is 1. The summed E-state index contributed by atoms with van der Waals surface area (Å²) in [6.45, 7) is 3.68. The molecule has 0 bridgehead atoms. The lowest BCUT2D eigenvalue weighted by molar-refractivity contribution is 0.249. The molecule has 1 aromatic carbocycles. The first kappa shape index (κ1) is 23.4. The second-order valence-electron chi connectivity index (χ2n) is 7.83. The molecule has 0 radical (unpaired) electrons. The standard InChI is InChI=1S/C22H23BrN6O3S/c1-27-18-6-7-19(23)26-20(18)21(17(12-24)22(27)30)29-10-8-28(9-11-29)14-16-5-3-2-4-15(16)13-25-33(31)32/h2-7,33H,8-11,13-14H2,1H3,(H,25,31,32). The fraction of sp³-hybridized carbons (Fsp3) is 0.318. The number of anilines is 1. The van der Waals surface area contributed by atoms with Crippen LogP contribution in [0.25, 0.3) is 11.0 Å². The van der Waals surface area contributed by atoms with Crippen LogP contribution >= 0.6 is 15.9 Å². The van der Waals surface area contributed by atoms with E-state index in [-0.39, 0.29) is 17.7 Å². The van der Waals surface area contributed by atoms with E-state index in [1.165, 1.54) is 4.57 Å². The molecule has 1 N–H and O–H groups in total. The highest BCUT2D eigenvalue weighted by atomic mass is 79.9. The third-order valence-electron chi connectivity index (χ3n) is 5.89. The molecule has 4 rings (SSSR count). The summed E-state index contributed by atoms with van der Waals surface area (Å²) in [7, 11) is -0.997. The van der Waals surface area contributed by atoms with E-state index >= 15 is 0 Å². The molecule has 0 amide bonds. The number of nitriles is 1. The lowest BCUT2D eigenvalue weighted by atomic mass is 10.1. The van der Waals surface area contributed by atoms with Crippen LogP contribution < -0.4 is 15.2 Å². The number of aromatic nitrogens is 2. The van der Waals surface area contributed by atoms with Gasteiger partial charge in [-0.1, -0.05) is 24.3 Å². The minimum atomic E-state index is -2.65. The fourth-order valence-electron chi connectivity index (χ4n) is 4.18. The van der Waals surface area contributed by atoms with Crippen LogP contribution in [0.2, 0.25) is 0 Å². The number of thiol groups is 1. The number of hydrogen-bond donors (Lipinski definition) is 2. The van der Waals surface area contributed by atoms with E-state index in [0.717, 1.165) is 24.2 Å². The van der Waals surface area contributed by atoms with Crippen LogP contribution in [0.1, 0.15) is 16.7 Å². The van der Waals surface area contributed by atoms with Gasteiger partial charge in [0.1, 0.15) is 21.8 Å². The quantitative estimate of drug-likeness (QED) is 0.367. The third-order valence-corrected chi connectivity index (χ3v) is 6.75. The SMILES string of the molecule is Cn1c(=O)c(C#N)c(N2CCN(Cc3ccccc3CN[SH](=O)=O)CC2)c2nc(Br)ccc21. The molecule has 9 nitrogen and oxygen atoms in total. The molecule has 1 aliphatic rings. The Morgan fingerprint density at radius 3 is 2.48 bits per heavy atom.